The van der Waals surface area contributed by atoms with Gasteiger partial charge in [-0.2, -0.15) is 0 Å². The molecule has 0 unspecified atom stereocenters. The SMILES string of the molecule is COCCN1C[C@@H]2CC[C@H]1CN(C(=O)CCc1ccccc1C)C2. The minimum absolute atomic E-state index is 0.323. The lowest BCUT2D eigenvalue weighted by molar-refractivity contribution is -0.131. The van der Waals surface area contributed by atoms with E-state index in [4.69, 9.17) is 4.74 Å². The van der Waals surface area contributed by atoms with Crippen LogP contribution in [0.25, 0.3) is 0 Å². The van der Waals surface area contributed by atoms with Crippen LogP contribution < -0.4 is 0 Å². The molecule has 4 nitrogen and oxygen atoms in total. The Morgan fingerprint density at radius 2 is 2.04 bits per heavy atom. The van der Waals surface area contributed by atoms with Crippen LogP contribution in [0.2, 0.25) is 0 Å². The van der Waals surface area contributed by atoms with E-state index >= 15 is 0 Å². The zero-order valence-electron chi connectivity index (χ0n) is 15.0. The maximum atomic E-state index is 12.8. The number of fused-ring (bicyclic) bond motifs is 4. The normalized spacial score (nSPS) is 24.2. The summed E-state index contributed by atoms with van der Waals surface area (Å²) in [6.45, 7) is 6.85. The summed E-state index contributed by atoms with van der Waals surface area (Å²) in [5.74, 6) is 0.951. The molecule has 3 saturated heterocycles. The fraction of sp³-hybridized carbons (Fsp3) is 0.650. The predicted octanol–water partition coefficient (Wildman–Crippen LogP) is 2.50. The molecule has 2 atom stereocenters. The lowest BCUT2D eigenvalue weighted by atomic mass is 9.95. The molecule has 0 N–H and O–H groups in total. The minimum atomic E-state index is 0.323. The van der Waals surface area contributed by atoms with E-state index in [9.17, 15) is 4.79 Å². The van der Waals surface area contributed by atoms with Gasteiger partial charge in [0, 0.05) is 45.8 Å². The topological polar surface area (TPSA) is 32.8 Å². The molecule has 0 spiro atoms. The van der Waals surface area contributed by atoms with Gasteiger partial charge in [0.15, 0.2) is 0 Å². The molecular weight excluding hydrogens is 300 g/mol. The summed E-state index contributed by atoms with van der Waals surface area (Å²) in [7, 11) is 1.76. The quantitative estimate of drug-likeness (QED) is 0.803. The molecule has 0 radical (unpaired) electrons. The molecule has 24 heavy (non-hydrogen) atoms. The van der Waals surface area contributed by atoms with Crippen molar-refractivity contribution in [1.82, 2.24) is 9.80 Å². The Morgan fingerprint density at radius 1 is 1.21 bits per heavy atom. The van der Waals surface area contributed by atoms with E-state index in [1.54, 1.807) is 7.11 Å². The molecule has 132 valence electrons. The molecule has 1 aromatic rings. The van der Waals surface area contributed by atoms with Gasteiger partial charge < -0.3 is 9.64 Å². The fourth-order valence-electron chi connectivity index (χ4n) is 4.16. The van der Waals surface area contributed by atoms with Gasteiger partial charge in [-0.1, -0.05) is 24.3 Å². The summed E-state index contributed by atoms with van der Waals surface area (Å²) in [4.78, 5) is 17.4. The second-order valence-electron chi connectivity index (χ2n) is 7.31. The number of hydrogen-bond donors (Lipinski definition) is 0. The Balaban J connectivity index is 1.57. The smallest absolute Gasteiger partial charge is 0.222 e. The first-order valence-corrected chi connectivity index (χ1v) is 9.22. The Bertz CT molecular complexity index is 560. The summed E-state index contributed by atoms with van der Waals surface area (Å²) in [6, 6.07) is 8.90. The lowest BCUT2D eigenvalue weighted by Crippen LogP contribution is -2.45. The maximum absolute atomic E-state index is 12.8. The van der Waals surface area contributed by atoms with E-state index in [0.717, 1.165) is 39.2 Å². The number of hydrogen-bond acceptors (Lipinski definition) is 3. The van der Waals surface area contributed by atoms with E-state index in [-0.39, 0.29) is 0 Å². The molecule has 3 fully saturated rings. The number of piperidine rings is 1. The summed E-state index contributed by atoms with van der Waals surface area (Å²) < 4.78 is 5.24. The van der Waals surface area contributed by atoms with Crippen LogP contribution in [-0.4, -0.2) is 61.6 Å². The minimum Gasteiger partial charge on any atom is -0.383 e. The lowest BCUT2D eigenvalue weighted by Gasteiger charge is -2.35. The molecule has 0 aromatic heterocycles. The number of ether oxygens (including phenoxy) is 1. The van der Waals surface area contributed by atoms with Crippen LogP contribution >= 0.6 is 0 Å². The van der Waals surface area contributed by atoms with E-state index in [2.05, 4.69) is 41.0 Å². The number of methoxy groups -OCH3 is 1. The Hall–Kier alpha value is -1.39. The van der Waals surface area contributed by atoms with Crippen LogP contribution in [-0.2, 0) is 16.0 Å². The van der Waals surface area contributed by atoms with Gasteiger partial charge in [0.05, 0.1) is 6.61 Å². The standard InChI is InChI=1S/C20H30N2O2/c1-16-5-3-4-6-18(16)8-10-20(23)22-14-17-7-9-19(15-22)21(13-17)11-12-24-2/h3-6,17,19H,7-15H2,1-2H3/t17-,19-/m0/s1. The molecule has 4 rings (SSSR count). The predicted molar refractivity (Wildman–Crippen MR) is 96.0 cm³/mol. The number of carbonyl (C=O) groups excluding carboxylic acids is 1. The Kier molecular flexibility index (Phi) is 5.90. The van der Waals surface area contributed by atoms with Crippen LogP contribution in [0.4, 0.5) is 0 Å². The van der Waals surface area contributed by atoms with Crippen LogP contribution in [0.15, 0.2) is 24.3 Å². The highest BCUT2D eigenvalue weighted by atomic mass is 16.5. The van der Waals surface area contributed by atoms with Gasteiger partial charge in [0.1, 0.15) is 0 Å². The molecule has 2 bridgehead atoms. The van der Waals surface area contributed by atoms with Gasteiger partial charge in [-0.3, -0.25) is 9.69 Å². The van der Waals surface area contributed by atoms with Crippen molar-refractivity contribution >= 4 is 5.91 Å². The third kappa shape index (κ3) is 4.17. The highest BCUT2D eigenvalue weighted by Crippen LogP contribution is 2.28. The first-order chi connectivity index (χ1) is 11.7. The van der Waals surface area contributed by atoms with E-state index < -0.39 is 0 Å². The molecule has 3 heterocycles. The van der Waals surface area contributed by atoms with Crippen LogP contribution in [0.1, 0.15) is 30.4 Å². The number of benzene rings is 1. The molecule has 1 aromatic carbocycles. The van der Waals surface area contributed by atoms with Crippen molar-refractivity contribution in [3.05, 3.63) is 35.4 Å². The van der Waals surface area contributed by atoms with Crippen molar-refractivity contribution < 1.29 is 9.53 Å². The Morgan fingerprint density at radius 3 is 2.83 bits per heavy atom. The number of nitrogens with zero attached hydrogens (tertiary/aromatic N) is 2. The molecule has 4 heteroatoms. The van der Waals surface area contributed by atoms with Crippen molar-refractivity contribution in [1.29, 1.82) is 0 Å². The summed E-state index contributed by atoms with van der Waals surface area (Å²) in [5, 5.41) is 0. The first kappa shape index (κ1) is 17.4. The van der Waals surface area contributed by atoms with Gasteiger partial charge >= 0.3 is 0 Å². The molecule has 0 saturated carbocycles. The summed E-state index contributed by atoms with van der Waals surface area (Å²) in [6.07, 6.45) is 3.96. The van der Waals surface area contributed by atoms with Gasteiger partial charge in [0.25, 0.3) is 0 Å². The third-order valence-corrected chi connectivity index (χ3v) is 5.63. The fourth-order valence-corrected chi connectivity index (χ4v) is 4.16. The van der Waals surface area contributed by atoms with Crippen molar-refractivity contribution in [2.45, 2.75) is 38.6 Å². The zero-order valence-corrected chi connectivity index (χ0v) is 15.0. The molecular formula is C20H30N2O2. The maximum Gasteiger partial charge on any atom is 0.222 e. The van der Waals surface area contributed by atoms with Crippen LogP contribution in [0.5, 0.6) is 0 Å². The molecule has 1 amide bonds. The van der Waals surface area contributed by atoms with Crippen molar-refractivity contribution in [3.63, 3.8) is 0 Å². The van der Waals surface area contributed by atoms with E-state index in [1.807, 2.05) is 0 Å². The third-order valence-electron chi connectivity index (χ3n) is 5.63. The number of aryl methyl sites for hydroxylation is 2. The summed E-state index contributed by atoms with van der Waals surface area (Å²) in [5.41, 5.74) is 2.58. The number of carbonyl (C=O) groups is 1. The van der Waals surface area contributed by atoms with Crippen LogP contribution in [0.3, 0.4) is 0 Å². The average molecular weight is 330 g/mol. The van der Waals surface area contributed by atoms with Crippen molar-refractivity contribution in [3.8, 4) is 0 Å². The van der Waals surface area contributed by atoms with Crippen molar-refractivity contribution in [2.75, 3.05) is 39.9 Å². The molecule has 3 aliphatic rings. The Labute approximate surface area is 145 Å². The second-order valence-corrected chi connectivity index (χ2v) is 7.31. The van der Waals surface area contributed by atoms with Crippen LogP contribution in [0, 0.1) is 12.8 Å². The monoisotopic (exact) mass is 330 g/mol. The second kappa shape index (κ2) is 8.13. The highest BCUT2D eigenvalue weighted by Gasteiger charge is 2.35. The van der Waals surface area contributed by atoms with Gasteiger partial charge in [-0.15, -0.1) is 0 Å². The zero-order chi connectivity index (χ0) is 16.9. The summed E-state index contributed by atoms with van der Waals surface area (Å²) >= 11 is 0. The van der Waals surface area contributed by atoms with Crippen molar-refractivity contribution in [2.24, 2.45) is 5.92 Å². The molecule has 3 aliphatic heterocycles. The highest BCUT2D eigenvalue weighted by molar-refractivity contribution is 5.76. The van der Waals surface area contributed by atoms with E-state index in [1.165, 1.54) is 24.0 Å². The number of amides is 1. The van der Waals surface area contributed by atoms with Gasteiger partial charge in [-0.25, -0.2) is 0 Å². The van der Waals surface area contributed by atoms with Gasteiger partial charge in [-0.05, 0) is 43.2 Å². The van der Waals surface area contributed by atoms with E-state index in [0.29, 0.717) is 24.3 Å². The van der Waals surface area contributed by atoms with Gasteiger partial charge in [0.2, 0.25) is 5.91 Å². The largest absolute Gasteiger partial charge is 0.383 e. The number of rotatable bonds is 6. The molecule has 0 aliphatic carbocycles. The first-order valence-electron chi connectivity index (χ1n) is 9.22. The average Bonchev–Trinajstić information content (AvgIpc) is 2.91.